The highest BCUT2D eigenvalue weighted by Crippen LogP contribution is 2.16. The van der Waals surface area contributed by atoms with Gasteiger partial charge in [-0.05, 0) is 44.9 Å². The highest BCUT2D eigenvalue weighted by Gasteiger charge is 2.20. The Morgan fingerprint density at radius 1 is 0.481 bits per heavy atom. The average Bonchev–Trinajstić information content (AvgIpc) is 3.14. The van der Waals surface area contributed by atoms with E-state index in [-0.39, 0.29) is 18.9 Å². The lowest BCUT2D eigenvalue weighted by Gasteiger charge is -2.21. The van der Waals surface area contributed by atoms with Gasteiger partial charge in [0.05, 0.1) is 31.3 Å². The van der Waals surface area contributed by atoms with E-state index in [4.69, 9.17) is 0 Å². The lowest BCUT2D eigenvalue weighted by molar-refractivity contribution is -0.124. The minimum Gasteiger partial charge on any atom is -0.394 e. The lowest BCUT2D eigenvalue weighted by atomic mass is 10.0. The summed E-state index contributed by atoms with van der Waals surface area (Å²) in [6.07, 6.45) is 52.9. The fourth-order valence-electron chi connectivity index (χ4n) is 6.90. The molecule has 0 spiro atoms. The standard InChI is InChI=1S/C47H89NO4/c1-3-5-7-9-11-13-15-17-19-20-21-22-23-24-25-27-28-30-32-34-36-38-40-44(50)42-47(52)48-45(43-49)46(51)41-39-37-35-33-31-29-26-18-16-14-12-10-8-6-4-2/h16,18,31,33,39,41,44-46,49-51H,3-15,17,19-30,32,34-38,40,42-43H2,1-2H3,(H,48,52)/b18-16+,33-31+,41-39+. The molecule has 5 nitrogen and oxygen atoms in total. The van der Waals surface area contributed by atoms with Crippen molar-refractivity contribution in [2.75, 3.05) is 6.61 Å². The predicted octanol–water partition coefficient (Wildman–Crippen LogP) is 13.2. The summed E-state index contributed by atoms with van der Waals surface area (Å²) >= 11 is 0. The zero-order valence-corrected chi connectivity index (χ0v) is 34.7. The number of hydrogen-bond acceptors (Lipinski definition) is 4. The van der Waals surface area contributed by atoms with Crippen LogP contribution in [0.3, 0.4) is 0 Å². The van der Waals surface area contributed by atoms with Crippen LogP contribution in [0.25, 0.3) is 0 Å². The van der Waals surface area contributed by atoms with E-state index in [0.717, 1.165) is 38.5 Å². The molecule has 0 bridgehead atoms. The first kappa shape index (κ1) is 50.6. The quantitative estimate of drug-likeness (QED) is 0.0372. The molecule has 52 heavy (non-hydrogen) atoms. The van der Waals surface area contributed by atoms with Gasteiger partial charge in [-0.3, -0.25) is 4.79 Å². The summed E-state index contributed by atoms with van der Waals surface area (Å²) < 4.78 is 0. The first-order valence-corrected chi connectivity index (χ1v) is 22.8. The molecule has 0 aromatic carbocycles. The predicted molar refractivity (Wildman–Crippen MR) is 227 cm³/mol. The van der Waals surface area contributed by atoms with Gasteiger partial charge >= 0.3 is 0 Å². The molecule has 4 N–H and O–H groups in total. The Morgan fingerprint density at radius 3 is 1.23 bits per heavy atom. The summed E-state index contributed by atoms with van der Waals surface area (Å²) in [5, 5.41) is 33.2. The largest absolute Gasteiger partial charge is 0.394 e. The number of unbranched alkanes of at least 4 members (excludes halogenated alkanes) is 28. The van der Waals surface area contributed by atoms with E-state index in [9.17, 15) is 20.1 Å². The van der Waals surface area contributed by atoms with Crippen molar-refractivity contribution >= 4 is 5.91 Å². The molecule has 0 aliphatic rings. The maximum atomic E-state index is 12.4. The summed E-state index contributed by atoms with van der Waals surface area (Å²) in [5.74, 6) is -0.328. The van der Waals surface area contributed by atoms with Crippen LogP contribution in [-0.4, -0.2) is 46.1 Å². The number of allylic oxidation sites excluding steroid dienone is 5. The summed E-state index contributed by atoms with van der Waals surface area (Å²) in [4.78, 5) is 12.4. The Morgan fingerprint density at radius 2 is 0.827 bits per heavy atom. The van der Waals surface area contributed by atoms with Crippen LogP contribution in [0, 0.1) is 0 Å². The maximum Gasteiger partial charge on any atom is 0.222 e. The van der Waals surface area contributed by atoms with Gasteiger partial charge < -0.3 is 20.6 Å². The summed E-state index contributed by atoms with van der Waals surface area (Å²) in [6.45, 7) is 4.19. The van der Waals surface area contributed by atoms with Crippen LogP contribution in [0.2, 0.25) is 0 Å². The van der Waals surface area contributed by atoms with Crippen LogP contribution in [0.4, 0.5) is 0 Å². The fraction of sp³-hybridized carbons (Fsp3) is 0.851. The van der Waals surface area contributed by atoms with Gasteiger partial charge in [-0.15, -0.1) is 0 Å². The average molecular weight is 732 g/mol. The van der Waals surface area contributed by atoms with Crippen molar-refractivity contribution in [3.63, 3.8) is 0 Å². The van der Waals surface area contributed by atoms with Crippen molar-refractivity contribution < 1.29 is 20.1 Å². The molecule has 0 fully saturated rings. The topological polar surface area (TPSA) is 89.8 Å². The van der Waals surface area contributed by atoms with Gasteiger partial charge in [0.2, 0.25) is 5.91 Å². The molecule has 0 aromatic heterocycles. The molecule has 0 saturated heterocycles. The van der Waals surface area contributed by atoms with Gasteiger partial charge in [0.25, 0.3) is 0 Å². The number of nitrogens with one attached hydrogen (secondary N) is 1. The van der Waals surface area contributed by atoms with Crippen LogP contribution < -0.4 is 5.32 Å². The molecule has 0 heterocycles. The Labute approximate surface area is 324 Å². The second-order valence-corrected chi connectivity index (χ2v) is 15.6. The molecule has 0 saturated carbocycles. The molecule has 0 aliphatic heterocycles. The van der Waals surface area contributed by atoms with E-state index < -0.39 is 18.2 Å². The second-order valence-electron chi connectivity index (χ2n) is 15.6. The van der Waals surface area contributed by atoms with E-state index in [0.29, 0.717) is 6.42 Å². The molecule has 3 atom stereocenters. The first-order chi connectivity index (χ1) is 25.5. The zero-order chi connectivity index (χ0) is 38.0. The second kappa shape index (κ2) is 42.3. The van der Waals surface area contributed by atoms with Gasteiger partial charge in [-0.1, -0.05) is 217 Å². The number of aliphatic hydroxyl groups excluding tert-OH is 3. The van der Waals surface area contributed by atoms with Gasteiger partial charge in [0.15, 0.2) is 0 Å². The molecule has 0 aliphatic carbocycles. The van der Waals surface area contributed by atoms with E-state index >= 15 is 0 Å². The summed E-state index contributed by atoms with van der Waals surface area (Å²) in [6, 6.07) is -0.765. The van der Waals surface area contributed by atoms with Gasteiger partial charge in [-0.25, -0.2) is 0 Å². The van der Waals surface area contributed by atoms with Crippen molar-refractivity contribution in [1.82, 2.24) is 5.32 Å². The van der Waals surface area contributed by atoms with Crippen molar-refractivity contribution in [1.29, 1.82) is 0 Å². The van der Waals surface area contributed by atoms with Crippen LogP contribution in [0.5, 0.6) is 0 Å². The molecular formula is C47H89NO4. The number of aliphatic hydroxyl groups is 3. The molecule has 306 valence electrons. The number of amides is 1. The third kappa shape index (κ3) is 38.3. The van der Waals surface area contributed by atoms with Crippen LogP contribution in [0.15, 0.2) is 36.5 Å². The van der Waals surface area contributed by atoms with Gasteiger partial charge in [0, 0.05) is 0 Å². The molecule has 0 rings (SSSR count). The number of carbonyl (C=O) groups excluding carboxylic acids is 1. The smallest absolute Gasteiger partial charge is 0.222 e. The van der Waals surface area contributed by atoms with Crippen LogP contribution >= 0.6 is 0 Å². The third-order valence-electron chi connectivity index (χ3n) is 10.4. The highest BCUT2D eigenvalue weighted by molar-refractivity contribution is 5.76. The lowest BCUT2D eigenvalue weighted by Crippen LogP contribution is -2.45. The Bertz CT molecular complexity index is 809. The SMILES string of the molecule is CCCCCCC/C=C/CC/C=C/CC/C=C/C(O)C(CO)NC(=O)CC(O)CCCCCCCCCCCCCCCCCCCCCCCC. The Balaban J connectivity index is 3.65. The van der Waals surface area contributed by atoms with E-state index in [2.05, 4.69) is 43.5 Å². The monoisotopic (exact) mass is 732 g/mol. The number of hydrogen-bond donors (Lipinski definition) is 4. The highest BCUT2D eigenvalue weighted by atomic mass is 16.3. The van der Waals surface area contributed by atoms with E-state index in [1.165, 1.54) is 167 Å². The van der Waals surface area contributed by atoms with Crippen molar-refractivity contribution in [2.45, 2.75) is 250 Å². The third-order valence-corrected chi connectivity index (χ3v) is 10.4. The van der Waals surface area contributed by atoms with E-state index in [1.807, 2.05) is 6.08 Å². The number of carbonyl (C=O) groups is 1. The molecule has 5 heteroatoms. The minimum atomic E-state index is -0.957. The zero-order valence-electron chi connectivity index (χ0n) is 34.7. The van der Waals surface area contributed by atoms with Crippen LogP contribution in [-0.2, 0) is 4.79 Å². The van der Waals surface area contributed by atoms with Crippen LogP contribution in [0.1, 0.15) is 232 Å². The maximum absolute atomic E-state index is 12.4. The summed E-state index contributed by atoms with van der Waals surface area (Å²) in [7, 11) is 0. The number of rotatable bonds is 41. The molecule has 0 radical (unpaired) electrons. The molecule has 3 unspecified atom stereocenters. The summed E-state index contributed by atoms with van der Waals surface area (Å²) in [5.41, 5.74) is 0. The normalized spacial score (nSPS) is 13.9. The fourth-order valence-corrected chi connectivity index (χ4v) is 6.90. The van der Waals surface area contributed by atoms with Crippen molar-refractivity contribution in [3.05, 3.63) is 36.5 Å². The first-order valence-electron chi connectivity index (χ1n) is 22.8. The molecular weight excluding hydrogens is 643 g/mol. The van der Waals surface area contributed by atoms with E-state index in [1.54, 1.807) is 6.08 Å². The van der Waals surface area contributed by atoms with Crippen molar-refractivity contribution in [3.8, 4) is 0 Å². The minimum absolute atomic E-state index is 0.00509. The molecule has 0 aromatic rings. The van der Waals surface area contributed by atoms with Gasteiger partial charge in [0.1, 0.15) is 0 Å². The van der Waals surface area contributed by atoms with Crippen molar-refractivity contribution in [2.24, 2.45) is 0 Å². The molecule has 1 amide bonds. The Hall–Kier alpha value is -1.43. The Kier molecular flexibility index (Phi) is 41.1. The van der Waals surface area contributed by atoms with Gasteiger partial charge in [-0.2, -0.15) is 0 Å².